The summed E-state index contributed by atoms with van der Waals surface area (Å²) in [5, 5.41) is 2.97. The Morgan fingerprint density at radius 1 is 1.40 bits per heavy atom. The number of morpholine rings is 1. The fraction of sp³-hybridized carbons (Fsp3) is 0.533. The van der Waals surface area contributed by atoms with Crippen LogP contribution in [0.1, 0.15) is 12.5 Å². The van der Waals surface area contributed by atoms with Gasteiger partial charge >= 0.3 is 0 Å². The summed E-state index contributed by atoms with van der Waals surface area (Å²) in [4.78, 5) is 14.3. The molecule has 0 unspecified atom stereocenters. The highest BCUT2D eigenvalue weighted by atomic mass is 16.5. The maximum atomic E-state index is 12.2. The first kappa shape index (κ1) is 14.8. The molecule has 0 bridgehead atoms. The van der Waals surface area contributed by atoms with Crippen LogP contribution in [0.4, 0.5) is 0 Å². The van der Waals surface area contributed by atoms with Crippen molar-refractivity contribution < 1.29 is 14.3 Å². The second kappa shape index (κ2) is 7.26. The van der Waals surface area contributed by atoms with E-state index >= 15 is 0 Å². The van der Waals surface area contributed by atoms with Crippen molar-refractivity contribution in [1.29, 1.82) is 0 Å². The Morgan fingerprint density at radius 2 is 2.10 bits per heavy atom. The maximum absolute atomic E-state index is 12.2. The summed E-state index contributed by atoms with van der Waals surface area (Å²) in [6.45, 7) is 5.43. The third kappa shape index (κ3) is 3.71. The molecule has 5 nitrogen and oxygen atoms in total. The monoisotopic (exact) mass is 278 g/mol. The van der Waals surface area contributed by atoms with Gasteiger partial charge in [-0.15, -0.1) is 0 Å². The molecule has 0 radical (unpaired) electrons. The van der Waals surface area contributed by atoms with Crippen LogP contribution in [-0.4, -0.2) is 50.3 Å². The third-order valence-electron chi connectivity index (χ3n) is 3.62. The number of benzene rings is 1. The van der Waals surface area contributed by atoms with E-state index < -0.39 is 0 Å². The minimum Gasteiger partial charge on any atom is -0.496 e. The van der Waals surface area contributed by atoms with Crippen LogP contribution < -0.4 is 10.1 Å². The number of carbonyl (C=O) groups is 1. The summed E-state index contributed by atoms with van der Waals surface area (Å²) in [5.41, 5.74) is 0.984. The van der Waals surface area contributed by atoms with Gasteiger partial charge in [0.05, 0.1) is 26.4 Å². The molecule has 0 aliphatic carbocycles. The number of methoxy groups -OCH3 is 1. The molecular formula is C15H22N2O3. The van der Waals surface area contributed by atoms with Crippen LogP contribution in [-0.2, 0) is 16.1 Å². The van der Waals surface area contributed by atoms with Crippen molar-refractivity contribution in [3.05, 3.63) is 29.8 Å². The van der Waals surface area contributed by atoms with Gasteiger partial charge in [-0.1, -0.05) is 18.2 Å². The largest absolute Gasteiger partial charge is 0.496 e. The highest BCUT2D eigenvalue weighted by Gasteiger charge is 2.22. The molecule has 0 spiro atoms. The van der Waals surface area contributed by atoms with Gasteiger partial charge in [-0.3, -0.25) is 9.69 Å². The summed E-state index contributed by atoms with van der Waals surface area (Å²) in [6.07, 6.45) is 0. The molecule has 1 saturated heterocycles. The van der Waals surface area contributed by atoms with Crippen LogP contribution in [0.15, 0.2) is 24.3 Å². The van der Waals surface area contributed by atoms with E-state index in [2.05, 4.69) is 10.2 Å². The van der Waals surface area contributed by atoms with Gasteiger partial charge in [-0.2, -0.15) is 0 Å². The van der Waals surface area contributed by atoms with Crippen LogP contribution in [0.5, 0.6) is 5.75 Å². The third-order valence-corrected chi connectivity index (χ3v) is 3.62. The van der Waals surface area contributed by atoms with E-state index in [9.17, 15) is 4.79 Å². The van der Waals surface area contributed by atoms with Crippen molar-refractivity contribution in [3.63, 3.8) is 0 Å². The normalized spacial score (nSPS) is 17.5. The van der Waals surface area contributed by atoms with E-state index in [1.165, 1.54) is 0 Å². The molecule has 1 amide bonds. The number of ether oxygens (including phenoxy) is 2. The predicted octanol–water partition coefficient (Wildman–Crippen LogP) is 1.03. The predicted molar refractivity (Wildman–Crippen MR) is 76.7 cm³/mol. The summed E-state index contributed by atoms with van der Waals surface area (Å²) in [7, 11) is 1.64. The van der Waals surface area contributed by atoms with Crippen molar-refractivity contribution in [3.8, 4) is 5.75 Å². The van der Waals surface area contributed by atoms with Crippen LogP contribution in [0, 0.1) is 0 Å². The highest BCUT2D eigenvalue weighted by Crippen LogP contribution is 2.16. The van der Waals surface area contributed by atoms with Crippen LogP contribution >= 0.6 is 0 Å². The van der Waals surface area contributed by atoms with E-state index in [0.717, 1.165) is 24.4 Å². The number of amides is 1. The molecule has 20 heavy (non-hydrogen) atoms. The maximum Gasteiger partial charge on any atom is 0.237 e. The molecule has 1 aromatic carbocycles. The second-order valence-electron chi connectivity index (χ2n) is 4.85. The zero-order chi connectivity index (χ0) is 14.4. The first-order valence-corrected chi connectivity index (χ1v) is 6.93. The number of hydrogen-bond donors (Lipinski definition) is 1. The minimum absolute atomic E-state index is 0.0396. The molecular weight excluding hydrogens is 256 g/mol. The van der Waals surface area contributed by atoms with Crippen molar-refractivity contribution >= 4 is 5.91 Å². The van der Waals surface area contributed by atoms with Gasteiger partial charge in [-0.25, -0.2) is 0 Å². The molecule has 1 atom stereocenters. The molecule has 1 aliphatic rings. The number of nitrogens with one attached hydrogen (secondary N) is 1. The molecule has 1 aliphatic heterocycles. The minimum atomic E-state index is -0.131. The Balaban J connectivity index is 1.87. The van der Waals surface area contributed by atoms with Crippen LogP contribution in [0.2, 0.25) is 0 Å². The van der Waals surface area contributed by atoms with E-state index in [-0.39, 0.29) is 11.9 Å². The molecule has 0 aromatic heterocycles. The average Bonchev–Trinajstić information content (AvgIpc) is 2.53. The van der Waals surface area contributed by atoms with Gasteiger partial charge in [-0.05, 0) is 13.0 Å². The van der Waals surface area contributed by atoms with Crippen molar-refractivity contribution in [2.75, 3.05) is 33.4 Å². The summed E-state index contributed by atoms with van der Waals surface area (Å²) in [6, 6.07) is 7.58. The molecule has 110 valence electrons. The van der Waals surface area contributed by atoms with Gasteiger partial charge in [0.25, 0.3) is 0 Å². The van der Waals surface area contributed by atoms with Crippen molar-refractivity contribution in [2.45, 2.75) is 19.5 Å². The Morgan fingerprint density at radius 3 is 2.80 bits per heavy atom. The lowest BCUT2D eigenvalue weighted by Crippen LogP contribution is -2.49. The molecule has 1 fully saturated rings. The molecule has 1 aromatic rings. The first-order chi connectivity index (χ1) is 9.72. The van der Waals surface area contributed by atoms with Crippen LogP contribution in [0.3, 0.4) is 0 Å². The molecule has 1 heterocycles. The first-order valence-electron chi connectivity index (χ1n) is 6.93. The zero-order valence-corrected chi connectivity index (χ0v) is 12.1. The van der Waals surface area contributed by atoms with E-state index in [1.54, 1.807) is 7.11 Å². The van der Waals surface area contributed by atoms with E-state index in [4.69, 9.17) is 9.47 Å². The fourth-order valence-corrected chi connectivity index (χ4v) is 2.31. The van der Waals surface area contributed by atoms with Crippen molar-refractivity contribution in [2.24, 2.45) is 0 Å². The number of hydrogen-bond acceptors (Lipinski definition) is 4. The average molecular weight is 278 g/mol. The molecule has 5 heteroatoms. The van der Waals surface area contributed by atoms with Gasteiger partial charge in [0.2, 0.25) is 5.91 Å². The van der Waals surface area contributed by atoms with E-state index in [1.807, 2.05) is 31.2 Å². The smallest absolute Gasteiger partial charge is 0.237 e. The Kier molecular flexibility index (Phi) is 5.38. The number of para-hydroxylation sites is 1. The number of carbonyl (C=O) groups excluding carboxylic acids is 1. The Bertz CT molecular complexity index is 444. The second-order valence-corrected chi connectivity index (χ2v) is 4.85. The molecule has 2 rings (SSSR count). The van der Waals surface area contributed by atoms with Crippen molar-refractivity contribution in [1.82, 2.24) is 10.2 Å². The highest BCUT2D eigenvalue weighted by molar-refractivity contribution is 5.81. The Hall–Kier alpha value is -1.59. The van der Waals surface area contributed by atoms with Gasteiger partial charge < -0.3 is 14.8 Å². The molecule has 0 saturated carbocycles. The van der Waals surface area contributed by atoms with Gasteiger partial charge in [0, 0.05) is 25.2 Å². The van der Waals surface area contributed by atoms with E-state index in [0.29, 0.717) is 19.8 Å². The van der Waals surface area contributed by atoms with Gasteiger partial charge in [0.15, 0.2) is 0 Å². The molecule has 1 N–H and O–H groups in total. The lowest BCUT2D eigenvalue weighted by molar-refractivity contribution is -0.127. The zero-order valence-electron chi connectivity index (χ0n) is 12.1. The lowest BCUT2D eigenvalue weighted by atomic mass is 10.2. The quantitative estimate of drug-likeness (QED) is 0.874. The summed E-state index contributed by atoms with van der Waals surface area (Å²) in [5.74, 6) is 0.838. The summed E-state index contributed by atoms with van der Waals surface area (Å²) >= 11 is 0. The topological polar surface area (TPSA) is 50.8 Å². The van der Waals surface area contributed by atoms with Gasteiger partial charge in [0.1, 0.15) is 5.75 Å². The standard InChI is InChI=1S/C15H22N2O3/c1-12(17-7-9-20-10-8-17)15(18)16-11-13-5-3-4-6-14(13)19-2/h3-6,12H,7-11H2,1-2H3,(H,16,18)/t12-/m0/s1. The number of nitrogens with zero attached hydrogens (tertiary/aromatic N) is 1. The number of rotatable bonds is 5. The Labute approximate surface area is 119 Å². The SMILES string of the molecule is COc1ccccc1CNC(=O)[C@H](C)N1CCOCC1. The summed E-state index contributed by atoms with van der Waals surface area (Å²) < 4.78 is 10.6. The lowest BCUT2D eigenvalue weighted by Gasteiger charge is -2.31. The fourth-order valence-electron chi connectivity index (χ4n) is 2.31. The van der Waals surface area contributed by atoms with Crippen LogP contribution in [0.25, 0.3) is 0 Å².